The number of amides is 1. The molecule has 0 radical (unpaired) electrons. The van der Waals surface area contributed by atoms with Crippen LogP contribution in [-0.2, 0) is 17.4 Å². The zero-order chi connectivity index (χ0) is 14.6. The molecule has 1 fully saturated rings. The molecule has 0 bridgehead atoms. The van der Waals surface area contributed by atoms with E-state index in [4.69, 9.17) is 0 Å². The van der Waals surface area contributed by atoms with Gasteiger partial charge in [0, 0.05) is 12.2 Å². The fourth-order valence-electron chi connectivity index (χ4n) is 2.45. The van der Waals surface area contributed by atoms with E-state index < -0.39 is 11.9 Å². The molecule has 1 heterocycles. The fourth-order valence-corrected chi connectivity index (χ4v) is 2.45. The fraction of sp³-hybridized carbons (Fsp3) is 0.571. The first kappa shape index (κ1) is 14.8. The molecule has 1 aliphatic rings. The summed E-state index contributed by atoms with van der Waals surface area (Å²) in [7, 11) is 0. The number of hydrogen-bond donors (Lipinski definition) is 1. The maximum atomic E-state index is 12.5. The van der Waals surface area contributed by atoms with Gasteiger partial charge in [-0.15, -0.1) is 0 Å². The summed E-state index contributed by atoms with van der Waals surface area (Å²) in [6.07, 6.45) is 1.86. The molecule has 1 aromatic heterocycles. The number of alkyl halides is 3. The summed E-state index contributed by atoms with van der Waals surface area (Å²) >= 11 is 0. The Bertz CT molecular complexity index is 468. The van der Waals surface area contributed by atoms with Crippen LogP contribution in [0.3, 0.4) is 0 Å². The van der Waals surface area contributed by atoms with E-state index in [-0.39, 0.29) is 18.4 Å². The van der Waals surface area contributed by atoms with Crippen molar-refractivity contribution >= 4 is 5.91 Å². The monoisotopic (exact) mass is 286 g/mol. The molecule has 1 amide bonds. The predicted octanol–water partition coefficient (Wildman–Crippen LogP) is 3.09. The van der Waals surface area contributed by atoms with Gasteiger partial charge in [0.25, 0.3) is 0 Å². The summed E-state index contributed by atoms with van der Waals surface area (Å²) in [6, 6.07) is 2.54. The predicted molar refractivity (Wildman–Crippen MR) is 68.0 cm³/mol. The summed E-state index contributed by atoms with van der Waals surface area (Å²) in [4.78, 5) is 15.1. The number of rotatable bonds is 3. The lowest BCUT2D eigenvalue weighted by Gasteiger charge is -2.22. The van der Waals surface area contributed by atoms with Crippen molar-refractivity contribution in [3.05, 3.63) is 29.6 Å². The highest BCUT2D eigenvalue weighted by atomic mass is 19.4. The Morgan fingerprint density at radius 3 is 2.65 bits per heavy atom. The van der Waals surface area contributed by atoms with E-state index in [1.165, 1.54) is 12.5 Å². The molecule has 1 saturated carbocycles. The maximum Gasteiger partial charge on any atom is 0.433 e. The highest BCUT2D eigenvalue weighted by molar-refractivity contribution is 5.78. The third kappa shape index (κ3) is 4.21. The molecular formula is C14H17F3N2O. The van der Waals surface area contributed by atoms with E-state index in [2.05, 4.69) is 10.3 Å². The Morgan fingerprint density at radius 1 is 1.30 bits per heavy atom. The van der Waals surface area contributed by atoms with Crippen LogP contribution in [0.2, 0.25) is 0 Å². The highest BCUT2D eigenvalue weighted by Crippen LogP contribution is 2.27. The van der Waals surface area contributed by atoms with E-state index in [0.29, 0.717) is 5.56 Å². The molecule has 0 saturated heterocycles. The molecule has 0 spiro atoms. The van der Waals surface area contributed by atoms with Crippen LogP contribution in [0.5, 0.6) is 0 Å². The van der Waals surface area contributed by atoms with Crippen molar-refractivity contribution in [3.8, 4) is 0 Å². The Morgan fingerprint density at radius 2 is 2.00 bits per heavy atom. The second kappa shape index (κ2) is 6.24. The first-order chi connectivity index (χ1) is 9.45. The summed E-state index contributed by atoms with van der Waals surface area (Å²) < 4.78 is 37.5. The number of hydrogen-bond acceptors (Lipinski definition) is 2. The molecule has 1 aliphatic carbocycles. The van der Waals surface area contributed by atoms with E-state index in [9.17, 15) is 18.0 Å². The van der Waals surface area contributed by atoms with Crippen molar-refractivity contribution in [2.75, 3.05) is 0 Å². The molecule has 0 aliphatic heterocycles. The lowest BCUT2D eigenvalue weighted by Crippen LogP contribution is -2.37. The average molecular weight is 286 g/mol. The van der Waals surface area contributed by atoms with Crippen LogP contribution in [0.1, 0.15) is 43.4 Å². The van der Waals surface area contributed by atoms with E-state index >= 15 is 0 Å². The molecule has 0 atom stereocenters. The van der Waals surface area contributed by atoms with Gasteiger partial charge >= 0.3 is 6.18 Å². The number of nitrogens with zero attached hydrogens (tertiary/aromatic N) is 1. The SMILES string of the molecule is O=C(Cc1ccnc(C(F)(F)F)c1)NC1CCCCC1. The number of pyridine rings is 1. The minimum atomic E-state index is -4.48. The van der Waals surface area contributed by atoms with Gasteiger partial charge < -0.3 is 5.32 Å². The molecule has 1 aromatic rings. The summed E-state index contributed by atoms with van der Waals surface area (Å²) in [6.45, 7) is 0. The van der Waals surface area contributed by atoms with E-state index in [1.807, 2.05) is 0 Å². The molecule has 0 aromatic carbocycles. The third-order valence-corrected chi connectivity index (χ3v) is 3.45. The average Bonchev–Trinajstić information content (AvgIpc) is 2.39. The van der Waals surface area contributed by atoms with Crippen molar-refractivity contribution in [2.45, 2.75) is 50.7 Å². The van der Waals surface area contributed by atoms with Crippen LogP contribution < -0.4 is 5.32 Å². The first-order valence-electron chi connectivity index (χ1n) is 6.76. The van der Waals surface area contributed by atoms with Gasteiger partial charge in [0.05, 0.1) is 6.42 Å². The maximum absolute atomic E-state index is 12.5. The quantitative estimate of drug-likeness (QED) is 0.927. The molecular weight excluding hydrogens is 269 g/mol. The second-order valence-electron chi connectivity index (χ2n) is 5.13. The lowest BCUT2D eigenvalue weighted by atomic mass is 9.95. The van der Waals surface area contributed by atoms with Gasteiger partial charge in [-0.25, -0.2) is 0 Å². The van der Waals surface area contributed by atoms with Crippen LogP contribution in [0.25, 0.3) is 0 Å². The normalized spacial score (nSPS) is 16.9. The standard InChI is InChI=1S/C14H17F3N2O/c15-14(16,17)12-8-10(6-7-18-12)9-13(20)19-11-4-2-1-3-5-11/h6-8,11H,1-5,9H2,(H,19,20). The van der Waals surface area contributed by atoms with Gasteiger partial charge in [0.2, 0.25) is 5.91 Å². The molecule has 3 nitrogen and oxygen atoms in total. The molecule has 2 rings (SSSR count). The van der Waals surface area contributed by atoms with Crippen molar-refractivity contribution in [1.82, 2.24) is 10.3 Å². The van der Waals surface area contributed by atoms with Gasteiger partial charge in [-0.2, -0.15) is 13.2 Å². The molecule has 6 heteroatoms. The van der Waals surface area contributed by atoms with Crippen molar-refractivity contribution < 1.29 is 18.0 Å². The van der Waals surface area contributed by atoms with Gasteiger partial charge in [-0.3, -0.25) is 9.78 Å². The molecule has 1 N–H and O–H groups in total. The topological polar surface area (TPSA) is 42.0 Å². The summed E-state index contributed by atoms with van der Waals surface area (Å²) in [5.41, 5.74) is -0.624. The zero-order valence-electron chi connectivity index (χ0n) is 11.0. The van der Waals surface area contributed by atoms with Crippen LogP contribution in [0.15, 0.2) is 18.3 Å². The highest BCUT2D eigenvalue weighted by Gasteiger charge is 2.32. The smallest absolute Gasteiger partial charge is 0.353 e. The largest absolute Gasteiger partial charge is 0.433 e. The van der Waals surface area contributed by atoms with E-state index in [0.717, 1.165) is 37.9 Å². The Labute approximate surface area is 115 Å². The number of carbonyl (C=O) groups excluding carboxylic acids is 1. The first-order valence-corrected chi connectivity index (χ1v) is 6.76. The molecule has 0 unspecified atom stereocenters. The van der Waals surface area contributed by atoms with Crippen molar-refractivity contribution in [1.29, 1.82) is 0 Å². The van der Waals surface area contributed by atoms with Gasteiger partial charge in [0.1, 0.15) is 5.69 Å². The number of halogens is 3. The van der Waals surface area contributed by atoms with Crippen LogP contribution in [0.4, 0.5) is 13.2 Å². The summed E-state index contributed by atoms with van der Waals surface area (Å²) in [5.74, 6) is -0.226. The Kier molecular flexibility index (Phi) is 4.62. The van der Waals surface area contributed by atoms with Crippen molar-refractivity contribution in [3.63, 3.8) is 0 Å². The summed E-state index contributed by atoms with van der Waals surface area (Å²) in [5, 5.41) is 2.88. The number of aromatic nitrogens is 1. The minimum Gasteiger partial charge on any atom is -0.353 e. The Balaban J connectivity index is 1.93. The van der Waals surface area contributed by atoms with Gasteiger partial charge in [-0.05, 0) is 30.5 Å². The second-order valence-corrected chi connectivity index (χ2v) is 5.13. The zero-order valence-corrected chi connectivity index (χ0v) is 11.0. The van der Waals surface area contributed by atoms with Gasteiger partial charge in [-0.1, -0.05) is 19.3 Å². The van der Waals surface area contributed by atoms with E-state index in [1.54, 1.807) is 0 Å². The Hall–Kier alpha value is -1.59. The lowest BCUT2D eigenvalue weighted by molar-refractivity contribution is -0.141. The van der Waals surface area contributed by atoms with Crippen molar-refractivity contribution in [2.24, 2.45) is 0 Å². The van der Waals surface area contributed by atoms with Crippen LogP contribution in [0, 0.1) is 0 Å². The minimum absolute atomic E-state index is 0.0396. The molecule has 20 heavy (non-hydrogen) atoms. The van der Waals surface area contributed by atoms with Crippen LogP contribution in [-0.4, -0.2) is 16.9 Å². The number of nitrogens with one attached hydrogen (secondary N) is 1. The van der Waals surface area contributed by atoms with Crippen LogP contribution >= 0.6 is 0 Å². The molecule has 110 valence electrons. The number of carbonyl (C=O) groups is 1. The third-order valence-electron chi connectivity index (χ3n) is 3.45. The van der Waals surface area contributed by atoms with Gasteiger partial charge in [0.15, 0.2) is 0 Å².